The van der Waals surface area contributed by atoms with E-state index >= 15 is 0 Å². The number of ether oxygens (including phenoxy) is 1. The summed E-state index contributed by atoms with van der Waals surface area (Å²) in [7, 11) is 0. The molecule has 1 aliphatic rings. The third-order valence-corrected chi connectivity index (χ3v) is 4.70. The molecule has 0 spiro atoms. The number of carbonyl (C=O) groups is 1. The lowest BCUT2D eigenvalue weighted by atomic mass is 10.0. The molecule has 0 unspecified atom stereocenters. The number of hydrogen-bond donors (Lipinski definition) is 2. The molecule has 26 heavy (non-hydrogen) atoms. The van der Waals surface area contributed by atoms with Crippen molar-refractivity contribution in [3.63, 3.8) is 0 Å². The molecule has 1 amide bonds. The van der Waals surface area contributed by atoms with Crippen LogP contribution in [0.25, 0.3) is 0 Å². The van der Waals surface area contributed by atoms with Crippen molar-refractivity contribution in [2.75, 3.05) is 24.6 Å². The number of aryl methyl sites for hydroxylation is 1. The van der Waals surface area contributed by atoms with Crippen LogP contribution in [0.1, 0.15) is 36.6 Å². The van der Waals surface area contributed by atoms with Gasteiger partial charge in [0.2, 0.25) is 5.95 Å². The molecule has 0 aromatic carbocycles. The van der Waals surface area contributed by atoms with E-state index < -0.39 is 0 Å². The first kappa shape index (κ1) is 18.6. The highest BCUT2D eigenvalue weighted by Gasteiger charge is 2.32. The maximum Gasteiger partial charge on any atom is 0.287 e. The third kappa shape index (κ3) is 4.13. The average Bonchev–Trinajstić information content (AvgIpc) is 3.05. The summed E-state index contributed by atoms with van der Waals surface area (Å²) in [6.07, 6.45) is 4.70. The average molecular weight is 379 g/mol. The highest BCUT2D eigenvalue weighted by molar-refractivity contribution is 6.30. The highest BCUT2D eigenvalue weighted by Crippen LogP contribution is 2.19. The van der Waals surface area contributed by atoms with Gasteiger partial charge in [-0.25, -0.2) is 15.0 Å². The van der Waals surface area contributed by atoms with E-state index in [2.05, 4.69) is 30.2 Å². The molecule has 2 aromatic rings. The quantitative estimate of drug-likeness (QED) is 0.796. The van der Waals surface area contributed by atoms with Crippen molar-refractivity contribution >= 4 is 23.5 Å². The maximum atomic E-state index is 12.5. The molecule has 8 nitrogen and oxygen atoms in total. The third-order valence-electron chi connectivity index (χ3n) is 4.39. The second kappa shape index (κ2) is 8.46. The second-order valence-electron chi connectivity index (χ2n) is 6.07. The molecule has 1 aliphatic heterocycles. The zero-order valence-corrected chi connectivity index (χ0v) is 15.7. The zero-order valence-electron chi connectivity index (χ0n) is 14.9. The van der Waals surface area contributed by atoms with E-state index in [1.807, 2.05) is 13.8 Å². The number of halogens is 1. The van der Waals surface area contributed by atoms with Crippen LogP contribution in [0.15, 0.2) is 18.5 Å². The monoisotopic (exact) mass is 378 g/mol. The summed E-state index contributed by atoms with van der Waals surface area (Å²) in [4.78, 5) is 30.3. The summed E-state index contributed by atoms with van der Waals surface area (Å²) in [5.41, 5.74) is 0.759. The van der Waals surface area contributed by atoms with Crippen LogP contribution >= 0.6 is 11.6 Å². The van der Waals surface area contributed by atoms with E-state index in [9.17, 15) is 4.79 Å². The Morgan fingerprint density at radius 2 is 2.19 bits per heavy atom. The Kier molecular flexibility index (Phi) is 6.05. The standard InChI is InChI=1S/C17H23ClN6O2/c1-3-11-14(18)23-15(21-11)16(25)22-12-6-9-24(10-13(12)26-4-2)17-19-7-5-8-20-17/h5,7-8,12-13H,3-4,6,9-10H2,1-2H3,(H,21,23)(H,22,25)/t12-,13+/m0/s1. The lowest BCUT2D eigenvalue weighted by Crippen LogP contribution is -2.55. The first-order chi connectivity index (χ1) is 12.6. The predicted octanol–water partition coefficient (Wildman–Crippen LogP) is 1.83. The molecule has 3 heterocycles. The Balaban J connectivity index is 1.67. The molecule has 3 rings (SSSR count). The fourth-order valence-corrected chi connectivity index (χ4v) is 3.33. The van der Waals surface area contributed by atoms with Crippen LogP contribution in [-0.4, -0.2) is 57.7 Å². The summed E-state index contributed by atoms with van der Waals surface area (Å²) in [6, 6.07) is 1.67. The molecule has 9 heteroatoms. The van der Waals surface area contributed by atoms with E-state index in [0.29, 0.717) is 30.7 Å². The Labute approximate surface area is 157 Å². The van der Waals surface area contributed by atoms with E-state index in [-0.39, 0.29) is 23.9 Å². The van der Waals surface area contributed by atoms with Crippen LogP contribution in [0.4, 0.5) is 5.95 Å². The number of nitrogens with one attached hydrogen (secondary N) is 2. The van der Waals surface area contributed by atoms with Gasteiger partial charge in [-0.2, -0.15) is 0 Å². The van der Waals surface area contributed by atoms with E-state index in [4.69, 9.17) is 16.3 Å². The molecule has 0 aliphatic carbocycles. The van der Waals surface area contributed by atoms with Crippen molar-refractivity contribution in [2.24, 2.45) is 0 Å². The van der Waals surface area contributed by atoms with Crippen molar-refractivity contribution in [1.82, 2.24) is 25.3 Å². The first-order valence-corrected chi connectivity index (χ1v) is 9.19. The van der Waals surface area contributed by atoms with Gasteiger partial charge in [-0.05, 0) is 25.8 Å². The number of amides is 1. The summed E-state index contributed by atoms with van der Waals surface area (Å²) in [5.74, 6) is 0.633. The van der Waals surface area contributed by atoms with E-state index in [1.54, 1.807) is 18.5 Å². The molecule has 1 fully saturated rings. The van der Waals surface area contributed by atoms with Gasteiger partial charge in [0, 0.05) is 32.1 Å². The van der Waals surface area contributed by atoms with Crippen molar-refractivity contribution in [1.29, 1.82) is 0 Å². The van der Waals surface area contributed by atoms with Crippen molar-refractivity contribution in [3.8, 4) is 0 Å². The lowest BCUT2D eigenvalue weighted by Gasteiger charge is -2.38. The van der Waals surface area contributed by atoms with Crippen LogP contribution in [0.5, 0.6) is 0 Å². The van der Waals surface area contributed by atoms with Gasteiger partial charge in [-0.1, -0.05) is 18.5 Å². The van der Waals surface area contributed by atoms with Gasteiger partial charge >= 0.3 is 0 Å². The van der Waals surface area contributed by atoms with Crippen LogP contribution in [0, 0.1) is 0 Å². The second-order valence-corrected chi connectivity index (χ2v) is 6.42. The number of piperidine rings is 1. The molecule has 2 aromatic heterocycles. The Hall–Kier alpha value is -2.19. The SMILES string of the molecule is CCO[C@@H]1CN(c2ncccn2)CC[C@@H]1NC(=O)c1nc(Cl)c(CC)[nH]1. The summed E-state index contributed by atoms with van der Waals surface area (Å²) in [6.45, 7) is 5.80. The fourth-order valence-electron chi connectivity index (χ4n) is 3.07. The highest BCUT2D eigenvalue weighted by atomic mass is 35.5. The number of imidazole rings is 1. The van der Waals surface area contributed by atoms with Gasteiger partial charge in [-0.15, -0.1) is 0 Å². The molecule has 0 saturated carbocycles. The molecular formula is C17H23ClN6O2. The fraction of sp³-hybridized carbons (Fsp3) is 0.529. The predicted molar refractivity (Wildman–Crippen MR) is 98.5 cm³/mol. The van der Waals surface area contributed by atoms with E-state index in [1.165, 1.54) is 0 Å². The molecule has 140 valence electrons. The number of aromatic amines is 1. The Bertz CT molecular complexity index is 738. The number of H-pyrrole nitrogens is 1. The summed E-state index contributed by atoms with van der Waals surface area (Å²) in [5, 5.41) is 3.37. The van der Waals surface area contributed by atoms with Crippen LogP contribution in [0.2, 0.25) is 5.15 Å². The number of rotatable bonds is 6. The summed E-state index contributed by atoms with van der Waals surface area (Å²) >= 11 is 6.03. The number of carbonyl (C=O) groups excluding carboxylic acids is 1. The normalized spacial score (nSPS) is 20.2. The van der Waals surface area contributed by atoms with Crippen molar-refractivity contribution in [2.45, 2.75) is 38.8 Å². The number of hydrogen-bond acceptors (Lipinski definition) is 6. The minimum atomic E-state index is -0.272. The van der Waals surface area contributed by atoms with Crippen molar-refractivity contribution in [3.05, 3.63) is 35.1 Å². The van der Waals surface area contributed by atoms with Gasteiger partial charge in [0.1, 0.15) is 0 Å². The largest absolute Gasteiger partial charge is 0.375 e. The van der Waals surface area contributed by atoms with E-state index in [0.717, 1.165) is 18.7 Å². The van der Waals surface area contributed by atoms with Crippen LogP contribution in [-0.2, 0) is 11.2 Å². The minimum Gasteiger partial charge on any atom is -0.375 e. The summed E-state index contributed by atoms with van der Waals surface area (Å²) < 4.78 is 5.87. The van der Waals surface area contributed by atoms with Crippen LogP contribution < -0.4 is 10.2 Å². The van der Waals surface area contributed by atoms with Gasteiger partial charge < -0.3 is 19.9 Å². The smallest absolute Gasteiger partial charge is 0.287 e. The molecule has 1 saturated heterocycles. The van der Waals surface area contributed by atoms with Gasteiger partial charge in [0.25, 0.3) is 5.91 Å². The molecule has 2 N–H and O–H groups in total. The topological polar surface area (TPSA) is 96.0 Å². The number of nitrogens with zero attached hydrogens (tertiary/aromatic N) is 4. The molecule has 0 radical (unpaired) electrons. The van der Waals surface area contributed by atoms with Crippen LogP contribution in [0.3, 0.4) is 0 Å². The molecular weight excluding hydrogens is 356 g/mol. The number of anilines is 1. The minimum absolute atomic E-state index is 0.114. The zero-order chi connectivity index (χ0) is 18.5. The Morgan fingerprint density at radius 1 is 1.42 bits per heavy atom. The van der Waals surface area contributed by atoms with Gasteiger partial charge in [0.05, 0.1) is 17.8 Å². The van der Waals surface area contributed by atoms with Crippen molar-refractivity contribution < 1.29 is 9.53 Å². The molecule has 2 atom stereocenters. The van der Waals surface area contributed by atoms with Gasteiger partial charge in [-0.3, -0.25) is 4.79 Å². The Morgan fingerprint density at radius 3 is 2.85 bits per heavy atom. The maximum absolute atomic E-state index is 12.5. The molecule has 0 bridgehead atoms. The van der Waals surface area contributed by atoms with Gasteiger partial charge in [0.15, 0.2) is 11.0 Å². The first-order valence-electron chi connectivity index (χ1n) is 8.81. The lowest BCUT2D eigenvalue weighted by molar-refractivity contribution is 0.0269. The number of aromatic nitrogens is 4.